The summed E-state index contributed by atoms with van der Waals surface area (Å²) in [6.07, 6.45) is 0. The second-order valence-electron chi connectivity index (χ2n) is 4.02. The molecule has 2 aromatic rings. The third-order valence-electron chi connectivity index (χ3n) is 2.57. The molecular weight excluding hydrogens is 320 g/mol. The molecule has 0 unspecified atom stereocenters. The van der Waals surface area contributed by atoms with Gasteiger partial charge in [-0.3, -0.25) is 0 Å². The van der Waals surface area contributed by atoms with E-state index in [2.05, 4.69) is 9.71 Å². The highest BCUT2D eigenvalue weighted by Crippen LogP contribution is 2.26. The summed E-state index contributed by atoms with van der Waals surface area (Å²) in [5.74, 6) is 0.679. The number of aryl methyl sites for hydroxylation is 1. The molecule has 8 heteroatoms. The fourth-order valence-electron chi connectivity index (χ4n) is 1.63. The smallest absolute Gasteiger partial charge is 0.252 e. The van der Waals surface area contributed by atoms with E-state index in [4.69, 9.17) is 16.3 Å². The number of nitrogens with zero attached hydrogens (tertiary/aromatic N) is 1. The van der Waals surface area contributed by atoms with Crippen molar-refractivity contribution in [3.05, 3.63) is 40.0 Å². The van der Waals surface area contributed by atoms with Crippen molar-refractivity contribution in [2.24, 2.45) is 0 Å². The van der Waals surface area contributed by atoms with E-state index in [-0.39, 0.29) is 15.2 Å². The maximum Gasteiger partial charge on any atom is 0.252 e. The van der Waals surface area contributed by atoms with Gasteiger partial charge in [-0.2, -0.15) is 0 Å². The molecule has 0 saturated heterocycles. The first kappa shape index (κ1) is 15.2. The van der Waals surface area contributed by atoms with Gasteiger partial charge in [0.1, 0.15) is 5.75 Å². The number of hydrogen-bond donors (Lipinski definition) is 1. The van der Waals surface area contributed by atoms with Crippen LogP contribution in [0.25, 0.3) is 0 Å². The fraction of sp³-hybridized carbons (Fsp3) is 0.250. The zero-order valence-corrected chi connectivity index (χ0v) is 13.3. The van der Waals surface area contributed by atoms with Crippen molar-refractivity contribution in [2.45, 2.75) is 17.7 Å². The van der Waals surface area contributed by atoms with Crippen molar-refractivity contribution < 1.29 is 13.2 Å². The van der Waals surface area contributed by atoms with Crippen molar-refractivity contribution in [1.82, 2.24) is 9.71 Å². The van der Waals surface area contributed by atoms with Crippen LogP contribution in [-0.2, 0) is 16.6 Å². The lowest BCUT2D eigenvalue weighted by Crippen LogP contribution is -2.23. The summed E-state index contributed by atoms with van der Waals surface area (Å²) in [5.41, 5.74) is 1.21. The molecule has 1 aromatic heterocycles. The molecule has 0 bridgehead atoms. The van der Waals surface area contributed by atoms with E-state index in [1.54, 1.807) is 32.2 Å². The quantitative estimate of drug-likeness (QED) is 0.913. The van der Waals surface area contributed by atoms with Gasteiger partial charge in [-0.25, -0.2) is 18.1 Å². The summed E-state index contributed by atoms with van der Waals surface area (Å²) in [6, 6.07) is 7.19. The number of halogens is 1. The van der Waals surface area contributed by atoms with Crippen LogP contribution in [0.1, 0.15) is 11.3 Å². The van der Waals surface area contributed by atoms with Crippen molar-refractivity contribution >= 4 is 33.0 Å². The van der Waals surface area contributed by atoms with Crippen LogP contribution in [0.3, 0.4) is 0 Å². The van der Waals surface area contributed by atoms with Crippen LogP contribution in [-0.4, -0.2) is 20.5 Å². The van der Waals surface area contributed by atoms with Crippen LogP contribution >= 0.6 is 22.9 Å². The lowest BCUT2D eigenvalue weighted by molar-refractivity contribution is 0.414. The minimum absolute atomic E-state index is 0.144. The van der Waals surface area contributed by atoms with Gasteiger partial charge in [0.2, 0.25) is 0 Å². The molecule has 20 heavy (non-hydrogen) atoms. The van der Waals surface area contributed by atoms with E-state index in [9.17, 15) is 8.42 Å². The average Bonchev–Trinajstić information content (AvgIpc) is 2.77. The first-order valence-corrected chi connectivity index (χ1v) is 8.35. The van der Waals surface area contributed by atoms with Gasteiger partial charge < -0.3 is 4.74 Å². The van der Waals surface area contributed by atoms with Gasteiger partial charge in [-0.1, -0.05) is 35.1 Å². The van der Waals surface area contributed by atoms with Crippen LogP contribution in [0.5, 0.6) is 5.75 Å². The molecule has 0 saturated carbocycles. The molecule has 0 fully saturated rings. The number of rotatable bonds is 5. The van der Waals surface area contributed by atoms with Crippen LogP contribution < -0.4 is 9.46 Å². The zero-order valence-electron chi connectivity index (χ0n) is 10.9. The first-order chi connectivity index (χ1) is 9.42. The van der Waals surface area contributed by atoms with Gasteiger partial charge in [-0.15, -0.1) is 0 Å². The summed E-state index contributed by atoms with van der Waals surface area (Å²) in [4.78, 5) is 3.90. The highest BCUT2D eigenvalue weighted by molar-refractivity contribution is 7.91. The third-order valence-corrected chi connectivity index (χ3v) is 5.85. The third kappa shape index (κ3) is 3.49. The maximum atomic E-state index is 12.2. The van der Waals surface area contributed by atoms with E-state index < -0.39 is 10.0 Å². The average molecular weight is 333 g/mol. The number of hydrogen-bond acceptors (Lipinski definition) is 5. The molecule has 0 aliphatic heterocycles. The van der Waals surface area contributed by atoms with Crippen molar-refractivity contribution in [2.75, 3.05) is 7.11 Å². The standard InChI is InChI=1S/C12H13ClN2O3S2/c1-8-11(19-12(13)15-8)20(16,17)14-7-9-4-3-5-10(6-9)18-2/h3-6,14H,7H2,1-2H3. The van der Waals surface area contributed by atoms with Gasteiger partial charge in [-0.05, 0) is 24.6 Å². The molecule has 1 aromatic carbocycles. The summed E-state index contributed by atoms with van der Waals surface area (Å²) >= 11 is 6.67. The number of nitrogens with one attached hydrogen (secondary N) is 1. The molecule has 1 heterocycles. The molecule has 0 atom stereocenters. The number of aromatic nitrogens is 1. The second-order valence-corrected chi connectivity index (χ2v) is 7.56. The zero-order chi connectivity index (χ0) is 14.8. The fourth-order valence-corrected chi connectivity index (χ4v) is 4.43. The molecule has 2 rings (SSSR count). The van der Waals surface area contributed by atoms with Crippen molar-refractivity contribution in [1.29, 1.82) is 0 Å². The van der Waals surface area contributed by atoms with Crippen LogP contribution in [0.2, 0.25) is 4.47 Å². The molecule has 0 spiro atoms. The Morgan fingerprint density at radius 1 is 1.45 bits per heavy atom. The molecular formula is C12H13ClN2O3S2. The van der Waals surface area contributed by atoms with Gasteiger partial charge in [0.05, 0.1) is 12.8 Å². The Kier molecular flexibility index (Phi) is 4.64. The highest BCUT2D eigenvalue weighted by atomic mass is 35.5. The summed E-state index contributed by atoms with van der Waals surface area (Å²) < 4.78 is 32.3. The van der Waals surface area contributed by atoms with E-state index >= 15 is 0 Å². The molecule has 0 radical (unpaired) electrons. The lowest BCUT2D eigenvalue weighted by Gasteiger charge is -2.07. The topological polar surface area (TPSA) is 68.3 Å². The summed E-state index contributed by atoms with van der Waals surface area (Å²) in [6.45, 7) is 1.79. The van der Waals surface area contributed by atoms with Crippen molar-refractivity contribution in [3.63, 3.8) is 0 Å². The molecule has 0 aliphatic carbocycles. The lowest BCUT2D eigenvalue weighted by atomic mass is 10.2. The minimum Gasteiger partial charge on any atom is -0.497 e. The predicted molar refractivity (Wildman–Crippen MR) is 78.9 cm³/mol. The summed E-state index contributed by atoms with van der Waals surface area (Å²) in [5, 5.41) is 0. The van der Waals surface area contributed by atoms with Crippen LogP contribution in [0.15, 0.2) is 28.5 Å². The van der Waals surface area contributed by atoms with E-state index in [1.807, 2.05) is 6.07 Å². The molecule has 0 amide bonds. The first-order valence-electron chi connectivity index (χ1n) is 5.68. The minimum atomic E-state index is -3.61. The van der Waals surface area contributed by atoms with Crippen LogP contribution in [0, 0.1) is 6.92 Å². The Bertz CT molecular complexity index is 713. The van der Waals surface area contributed by atoms with Crippen LogP contribution in [0.4, 0.5) is 0 Å². The number of sulfonamides is 1. The normalized spacial score (nSPS) is 11.6. The highest BCUT2D eigenvalue weighted by Gasteiger charge is 2.21. The second kappa shape index (κ2) is 6.09. The van der Waals surface area contributed by atoms with Gasteiger partial charge in [0, 0.05) is 6.54 Å². The van der Waals surface area contributed by atoms with Gasteiger partial charge >= 0.3 is 0 Å². The van der Waals surface area contributed by atoms with Crippen molar-refractivity contribution in [3.8, 4) is 5.75 Å². The van der Waals surface area contributed by atoms with Gasteiger partial charge in [0.25, 0.3) is 10.0 Å². The number of benzene rings is 1. The Balaban J connectivity index is 2.15. The Morgan fingerprint density at radius 2 is 2.20 bits per heavy atom. The van der Waals surface area contributed by atoms with Gasteiger partial charge in [0.15, 0.2) is 8.68 Å². The van der Waals surface area contributed by atoms with E-state index in [1.165, 1.54) is 0 Å². The molecule has 5 nitrogen and oxygen atoms in total. The molecule has 1 N–H and O–H groups in total. The maximum absolute atomic E-state index is 12.2. The SMILES string of the molecule is COc1cccc(CNS(=O)(=O)c2sc(Cl)nc2C)c1. The number of methoxy groups -OCH3 is 1. The number of thiazole rings is 1. The molecule has 0 aliphatic rings. The molecule has 108 valence electrons. The Labute approximate surface area is 126 Å². The van der Waals surface area contributed by atoms with E-state index in [0.717, 1.165) is 16.9 Å². The predicted octanol–water partition coefficient (Wildman–Crippen LogP) is 2.59. The monoisotopic (exact) mass is 332 g/mol. The largest absolute Gasteiger partial charge is 0.497 e. The summed E-state index contributed by atoms with van der Waals surface area (Å²) in [7, 11) is -2.05. The Hall–Kier alpha value is -1.15. The Morgan fingerprint density at radius 3 is 2.80 bits per heavy atom. The van der Waals surface area contributed by atoms with E-state index in [0.29, 0.717) is 11.4 Å². The number of ether oxygens (including phenoxy) is 1.